The molecule has 0 radical (unpaired) electrons. The number of methoxy groups -OCH3 is 1. The van der Waals surface area contributed by atoms with Crippen molar-refractivity contribution in [3.63, 3.8) is 0 Å². The molecule has 1 atom stereocenters. The molecule has 0 aliphatic carbocycles. The summed E-state index contributed by atoms with van der Waals surface area (Å²) in [7, 11) is 1.44. The number of esters is 1. The second kappa shape index (κ2) is 14.9. The Morgan fingerprint density at radius 3 is 2.12 bits per heavy atom. The normalized spacial score (nSPS) is 12.1. The molecule has 3 nitrogen and oxygen atoms in total. The molecule has 0 saturated heterocycles. The second-order valence-corrected chi connectivity index (χ2v) is 6.82. The van der Waals surface area contributed by atoms with Crippen LogP contribution < -0.4 is 0 Å². The third kappa shape index (κ3) is 11.8. The van der Waals surface area contributed by atoms with Gasteiger partial charge in [0.25, 0.3) is 0 Å². The van der Waals surface area contributed by atoms with Gasteiger partial charge in [-0.25, -0.2) is 0 Å². The highest BCUT2D eigenvalue weighted by Crippen LogP contribution is 2.16. The highest BCUT2D eigenvalue weighted by Gasteiger charge is 2.15. The van der Waals surface area contributed by atoms with Crippen LogP contribution in [0.3, 0.4) is 0 Å². The van der Waals surface area contributed by atoms with Crippen molar-refractivity contribution in [2.24, 2.45) is 0 Å². The highest BCUT2D eigenvalue weighted by molar-refractivity contribution is 5.69. The smallest absolute Gasteiger partial charge is 0.308 e. The van der Waals surface area contributed by atoms with Crippen molar-refractivity contribution in [2.75, 3.05) is 7.11 Å². The zero-order valence-corrected chi connectivity index (χ0v) is 16.2. The molecule has 0 spiro atoms. The lowest BCUT2D eigenvalue weighted by atomic mass is 10.0. The van der Waals surface area contributed by atoms with Crippen LogP contribution in [0.5, 0.6) is 0 Å². The fraction of sp³-hybridized carbons (Fsp3) is 0.682. The summed E-state index contributed by atoms with van der Waals surface area (Å²) in [5.41, 5.74) is 1.14. The first-order valence-corrected chi connectivity index (χ1v) is 9.98. The van der Waals surface area contributed by atoms with Gasteiger partial charge in [-0.15, -0.1) is 0 Å². The molecule has 0 unspecified atom stereocenters. The third-order valence-corrected chi connectivity index (χ3v) is 4.58. The Morgan fingerprint density at radius 2 is 1.52 bits per heavy atom. The quantitative estimate of drug-likeness (QED) is 0.286. The SMILES string of the molecule is CCCCCCCCCCC[C@H](CC(=O)OC)OCc1ccccc1. The Morgan fingerprint density at radius 1 is 0.920 bits per heavy atom. The topological polar surface area (TPSA) is 35.5 Å². The summed E-state index contributed by atoms with van der Waals surface area (Å²) in [6.45, 7) is 2.81. The number of hydrogen-bond acceptors (Lipinski definition) is 3. The third-order valence-electron chi connectivity index (χ3n) is 4.58. The lowest BCUT2D eigenvalue weighted by molar-refractivity contribution is -0.144. The number of carbonyl (C=O) groups excluding carboxylic acids is 1. The van der Waals surface area contributed by atoms with Crippen LogP contribution in [-0.2, 0) is 20.9 Å². The fourth-order valence-corrected chi connectivity index (χ4v) is 2.98. The summed E-state index contributed by atoms with van der Waals surface area (Å²) in [6, 6.07) is 10.1. The van der Waals surface area contributed by atoms with Gasteiger partial charge in [-0.05, 0) is 12.0 Å². The van der Waals surface area contributed by atoms with Crippen LogP contribution in [0.4, 0.5) is 0 Å². The van der Waals surface area contributed by atoms with E-state index in [0.717, 1.165) is 18.4 Å². The van der Waals surface area contributed by atoms with Crippen LogP contribution in [0.2, 0.25) is 0 Å². The average Bonchev–Trinajstić information content (AvgIpc) is 2.65. The molecule has 0 aliphatic heterocycles. The molecule has 0 saturated carbocycles. The molecule has 1 aromatic rings. The molecule has 0 N–H and O–H groups in total. The van der Waals surface area contributed by atoms with E-state index in [4.69, 9.17) is 9.47 Å². The molecule has 0 aromatic heterocycles. The van der Waals surface area contributed by atoms with Gasteiger partial charge in [0.15, 0.2) is 0 Å². The van der Waals surface area contributed by atoms with Gasteiger partial charge in [0.05, 0.1) is 26.2 Å². The summed E-state index contributed by atoms with van der Waals surface area (Å²) < 4.78 is 10.8. The zero-order chi connectivity index (χ0) is 18.2. The molecule has 142 valence electrons. The molecule has 1 rings (SSSR count). The summed E-state index contributed by atoms with van der Waals surface area (Å²) in [6.07, 6.45) is 13.0. The maximum atomic E-state index is 11.6. The number of benzene rings is 1. The van der Waals surface area contributed by atoms with Gasteiger partial charge in [-0.3, -0.25) is 4.79 Å². The predicted octanol–water partition coefficient (Wildman–Crippen LogP) is 6.06. The van der Waals surface area contributed by atoms with Crippen LogP contribution in [0.25, 0.3) is 0 Å². The molecule has 0 amide bonds. The van der Waals surface area contributed by atoms with Gasteiger partial charge >= 0.3 is 5.97 Å². The van der Waals surface area contributed by atoms with Crippen molar-refractivity contribution in [3.05, 3.63) is 35.9 Å². The summed E-state index contributed by atoms with van der Waals surface area (Å²) in [5.74, 6) is -0.186. The van der Waals surface area contributed by atoms with E-state index in [2.05, 4.69) is 6.92 Å². The Labute approximate surface area is 154 Å². The van der Waals surface area contributed by atoms with Crippen molar-refractivity contribution in [3.8, 4) is 0 Å². The fourth-order valence-electron chi connectivity index (χ4n) is 2.98. The lowest BCUT2D eigenvalue weighted by Gasteiger charge is -2.17. The van der Waals surface area contributed by atoms with E-state index in [1.54, 1.807) is 0 Å². The summed E-state index contributed by atoms with van der Waals surface area (Å²) >= 11 is 0. The van der Waals surface area contributed by atoms with Gasteiger partial charge in [0, 0.05) is 0 Å². The molecular weight excluding hydrogens is 312 g/mol. The van der Waals surface area contributed by atoms with Crippen molar-refractivity contribution < 1.29 is 14.3 Å². The minimum Gasteiger partial charge on any atom is -0.469 e. The van der Waals surface area contributed by atoms with E-state index in [-0.39, 0.29) is 12.1 Å². The molecule has 0 heterocycles. The van der Waals surface area contributed by atoms with Gasteiger partial charge in [0.1, 0.15) is 0 Å². The number of unbranched alkanes of at least 4 members (excludes halogenated alkanes) is 8. The largest absolute Gasteiger partial charge is 0.469 e. The number of hydrogen-bond donors (Lipinski definition) is 0. The Hall–Kier alpha value is -1.35. The van der Waals surface area contributed by atoms with Crippen molar-refractivity contribution >= 4 is 5.97 Å². The average molecular weight is 349 g/mol. The Balaban J connectivity index is 2.18. The summed E-state index contributed by atoms with van der Waals surface area (Å²) in [4.78, 5) is 11.6. The van der Waals surface area contributed by atoms with E-state index in [9.17, 15) is 4.79 Å². The van der Waals surface area contributed by atoms with E-state index >= 15 is 0 Å². The van der Waals surface area contributed by atoms with Crippen molar-refractivity contribution in [2.45, 2.75) is 90.3 Å². The lowest BCUT2D eigenvalue weighted by Crippen LogP contribution is -2.18. The van der Waals surface area contributed by atoms with Crippen LogP contribution in [0, 0.1) is 0 Å². The standard InChI is InChI=1S/C22H36O3/c1-3-4-5-6-7-8-9-10-14-17-21(18-22(23)24-2)25-19-20-15-12-11-13-16-20/h11-13,15-16,21H,3-10,14,17-19H2,1-2H3/t21-/m1/s1. The van der Waals surface area contributed by atoms with Gasteiger partial charge in [0.2, 0.25) is 0 Å². The first-order valence-electron chi connectivity index (χ1n) is 9.98. The molecule has 0 fully saturated rings. The number of carbonyl (C=O) groups is 1. The Kier molecular flexibility index (Phi) is 13.0. The molecule has 1 aromatic carbocycles. The maximum Gasteiger partial charge on any atom is 0.308 e. The van der Waals surface area contributed by atoms with Crippen LogP contribution in [-0.4, -0.2) is 19.2 Å². The molecule has 0 aliphatic rings. The number of rotatable bonds is 15. The minimum absolute atomic E-state index is 0.0442. The number of ether oxygens (including phenoxy) is 2. The van der Waals surface area contributed by atoms with Gasteiger partial charge < -0.3 is 9.47 Å². The first-order chi connectivity index (χ1) is 12.3. The van der Waals surface area contributed by atoms with E-state index in [1.807, 2.05) is 30.3 Å². The maximum absolute atomic E-state index is 11.6. The van der Waals surface area contributed by atoms with Gasteiger partial charge in [-0.2, -0.15) is 0 Å². The van der Waals surface area contributed by atoms with Crippen LogP contribution in [0.15, 0.2) is 30.3 Å². The van der Waals surface area contributed by atoms with Gasteiger partial charge in [-0.1, -0.05) is 95.0 Å². The van der Waals surface area contributed by atoms with E-state index in [1.165, 1.54) is 58.5 Å². The van der Waals surface area contributed by atoms with Crippen molar-refractivity contribution in [1.82, 2.24) is 0 Å². The highest BCUT2D eigenvalue weighted by atomic mass is 16.5. The second-order valence-electron chi connectivity index (χ2n) is 6.82. The molecule has 3 heteroatoms. The van der Waals surface area contributed by atoms with E-state index in [0.29, 0.717) is 13.0 Å². The Bertz CT molecular complexity index is 430. The first kappa shape index (κ1) is 21.7. The monoisotopic (exact) mass is 348 g/mol. The molecular formula is C22H36O3. The molecule has 25 heavy (non-hydrogen) atoms. The zero-order valence-electron chi connectivity index (χ0n) is 16.2. The van der Waals surface area contributed by atoms with Crippen molar-refractivity contribution in [1.29, 1.82) is 0 Å². The van der Waals surface area contributed by atoms with Crippen LogP contribution >= 0.6 is 0 Å². The minimum atomic E-state index is -0.186. The van der Waals surface area contributed by atoms with E-state index < -0.39 is 0 Å². The predicted molar refractivity (Wildman–Crippen MR) is 103 cm³/mol. The molecule has 0 bridgehead atoms. The van der Waals surface area contributed by atoms with Crippen LogP contribution in [0.1, 0.15) is 83.1 Å². The summed E-state index contributed by atoms with van der Waals surface area (Å²) in [5, 5.41) is 0.